The molecule has 1 unspecified atom stereocenters. The number of carbonyl (C=O) groups excluding carboxylic acids is 1. The Bertz CT molecular complexity index is 1100. The van der Waals surface area contributed by atoms with Crippen molar-refractivity contribution < 1.29 is 14.7 Å². The molecule has 136 valence electrons. The molecule has 2 aliphatic heterocycles. The number of carbonyl (C=O) groups is 2. The number of carboxylic acids is 1. The first kappa shape index (κ1) is 15.9. The van der Waals surface area contributed by atoms with Crippen molar-refractivity contribution in [1.29, 1.82) is 0 Å². The average Bonchev–Trinajstić information content (AvgIpc) is 2.99. The minimum absolute atomic E-state index is 0.00600. The standard InChI is InChI=1S/C21H19N3O3/c1-22-16-8-4-3-7-15(16)21(27)23-11-10-14-13-6-2-5-9-17(13)24(12-18(25)26)19(14)20(22)23/h2-9,20H,10-12H2,1H3,(H,25,26). The highest BCUT2D eigenvalue weighted by molar-refractivity contribution is 6.02. The van der Waals surface area contributed by atoms with Crippen molar-refractivity contribution in [3.05, 3.63) is 65.4 Å². The second kappa shape index (κ2) is 5.61. The number of carboxylic acid groups (broad SMARTS) is 1. The van der Waals surface area contributed by atoms with Crippen LogP contribution < -0.4 is 4.90 Å². The summed E-state index contributed by atoms with van der Waals surface area (Å²) in [6, 6.07) is 15.5. The maximum Gasteiger partial charge on any atom is 0.323 e. The van der Waals surface area contributed by atoms with E-state index in [9.17, 15) is 14.7 Å². The molecule has 1 N–H and O–H groups in total. The van der Waals surface area contributed by atoms with Crippen LogP contribution in [0.25, 0.3) is 10.9 Å². The molecule has 3 aromatic rings. The van der Waals surface area contributed by atoms with Crippen LogP contribution in [-0.2, 0) is 17.8 Å². The van der Waals surface area contributed by atoms with Crippen molar-refractivity contribution in [2.75, 3.05) is 18.5 Å². The van der Waals surface area contributed by atoms with E-state index in [-0.39, 0.29) is 18.6 Å². The van der Waals surface area contributed by atoms with E-state index in [0.717, 1.165) is 34.3 Å². The van der Waals surface area contributed by atoms with E-state index in [1.807, 2.05) is 65.0 Å². The van der Waals surface area contributed by atoms with E-state index < -0.39 is 5.97 Å². The third-order valence-corrected chi connectivity index (χ3v) is 5.70. The fourth-order valence-electron chi connectivity index (χ4n) is 4.61. The molecule has 0 saturated carbocycles. The van der Waals surface area contributed by atoms with Gasteiger partial charge in [0.15, 0.2) is 0 Å². The minimum Gasteiger partial charge on any atom is -0.480 e. The van der Waals surface area contributed by atoms with Crippen molar-refractivity contribution in [2.45, 2.75) is 19.1 Å². The Kier molecular flexibility index (Phi) is 3.31. The van der Waals surface area contributed by atoms with Crippen molar-refractivity contribution in [1.82, 2.24) is 9.47 Å². The summed E-state index contributed by atoms with van der Waals surface area (Å²) in [4.78, 5) is 28.7. The quantitative estimate of drug-likeness (QED) is 0.762. The number of nitrogens with zero attached hydrogens (tertiary/aromatic N) is 3. The number of aliphatic carboxylic acids is 1. The van der Waals surface area contributed by atoms with E-state index in [4.69, 9.17) is 0 Å². The molecule has 1 atom stereocenters. The molecule has 0 spiro atoms. The summed E-state index contributed by atoms with van der Waals surface area (Å²) < 4.78 is 1.86. The molecule has 27 heavy (non-hydrogen) atoms. The lowest BCUT2D eigenvalue weighted by Crippen LogP contribution is -2.51. The van der Waals surface area contributed by atoms with Gasteiger partial charge in [-0.3, -0.25) is 9.59 Å². The number of fused-ring (bicyclic) bond motifs is 6. The van der Waals surface area contributed by atoms with Gasteiger partial charge >= 0.3 is 5.97 Å². The molecule has 0 radical (unpaired) electrons. The predicted molar refractivity (Wildman–Crippen MR) is 102 cm³/mol. The second-order valence-corrected chi connectivity index (χ2v) is 7.11. The van der Waals surface area contributed by atoms with Gasteiger partial charge in [-0.05, 0) is 30.2 Å². The van der Waals surface area contributed by atoms with Crippen LogP contribution in [0.4, 0.5) is 5.69 Å². The molecular formula is C21H19N3O3. The van der Waals surface area contributed by atoms with Crippen LogP contribution in [-0.4, -0.2) is 40.0 Å². The smallest absolute Gasteiger partial charge is 0.323 e. The minimum atomic E-state index is -0.888. The topological polar surface area (TPSA) is 65.8 Å². The maximum atomic E-state index is 13.1. The Hall–Kier alpha value is -3.28. The summed E-state index contributed by atoms with van der Waals surface area (Å²) in [6.45, 7) is 0.500. The fraction of sp³-hybridized carbons (Fsp3) is 0.238. The molecule has 2 aliphatic rings. The van der Waals surface area contributed by atoms with Crippen LogP contribution in [0, 0.1) is 0 Å². The number of amides is 1. The summed E-state index contributed by atoms with van der Waals surface area (Å²) in [5.74, 6) is -0.882. The SMILES string of the molecule is CN1c2ccccc2C(=O)N2CCc3c(n(CC(=O)O)c4ccccc34)C21. The summed E-state index contributed by atoms with van der Waals surface area (Å²) in [6.07, 6.45) is 0.420. The average molecular weight is 361 g/mol. The molecule has 0 bridgehead atoms. The third-order valence-electron chi connectivity index (χ3n) is 5.70. The lowest BCUT2D eigenvalue weighted by molar-refractivity contribution is -0.137. The zero-order valence-electron chi connectivity index (χ0n) is 14.9. The van der Waals surface area contributed by atoms with Crippen molar-refractivity contribution >= 4 is 28.5 Å². The molecule has 2 aromatic carbocycles. The van der Waals surface area contributed by atoms with Gasteiger partial charge in [0.05, 0.1) is 16.9 Å². The molecule has 1 aromatic heterocycles. The van der Waals surface area contributed by atoms with Crippen molar-refractivity contribution in [2.24, 2.45) is 0 Å². The van der Waals surface area contributed by atoms with E-state index in [1.165, 1.54) is 0 Å². The number of aromatic nitrogens is 1. The van der Waals surface area contributed by atoms with Gasteiger partial charge in [0.25, 0.3) is 5.91 Å². The van der Waals surface area contributed by atoms with E-state index >= 15 is 0 Å². The number of anilines is 1. The molecule has 0 aliphatic carbocycles. The largest absolute Gasteiger partial charge is 0.480 e. The molecule has 0 saturated heterocycles. The van der Waals surface area contributed by atoms with Gasteiger partial charge in [0.1, 0.15) is 12.7 Å². The Morgan fingerprint density at radius 1 is 1.15 bits per heavy atom. The number of rotatable bonds is 2. The Balaban J connectivity index is 1.79. The number of para-hydroxylation sites is 2. The zero-order valence-corrected chi connectivity index (χ0v) is 14.9. The Labute approximate surface area is 156 Å². The van der Waals surface area contributed by atoms with Gasteiger partial charge in [-0.15, -0.1) is 0 Å². The van der Waals surface area contributed by atoms with E-state index in [0.29, 0.717) is 12.1 Å². The van der Waals surface area contributed by atoms with Crippen LogP contribution in [0.15, 0.2) is 48.5 Å². The highest BCUT2D eigenvalue weighted by Gasteiger charge is 2.42. The summed E-state index contributed by atoms with van der Waals surface area (Å²) >= 11 is 0. The number of hydrogen-bond donors (Lipinski definition) is 1. The lowest BCUT2D eigenvalue weighted by atomic mass is 9.96. The monoisotopic (exact) mass is 361 g/mol. The van der Waals surface area contributed by atoms with Gasteiger partial charge in [-0.1, -0.05) is 30.3 Å². The molecule has 0 fully saturated rings. The summed E-state index contributed by atoms with van der Waals surface area (Å²) in [5.41, 5.74) is 4.54. The van der Waals surface area contributed by atoms with Crippen LogP contribution in [0.5, 0.6) is 0 Å². The van der Waals surface area contributed by atoms with Crippen molar-refractivity contribution in [3.8, 4) is 0 Å². The first-order chi connectivity index (χ1) is 13.1. The number of benzene rings is 2. The molecule has 1 amide bonds. The highest BCUT2D eigenvalue weighted by atomic mass is 16.4. The van der Waals surface area contributed by atoms with Crippen LogP contribution in [0.2, 0.25) is 0 Å². The van der Waals surface area contributed by atoms with Gasteiger partial charge in [0, 0.05) is 24.5 Å². The third kappa shape index (κ3) is 2.13. The molecule has 5 rings (SSSR count). The summed E-state index contributed by atoms with van der Waals surface area (Å²) in [5, 5.41) is 10.6. The summed E-state index contributed by atoms with van der Waals surface area (Å²) in [7, 11) is 1.97. The van der Waals surface area contributed by atoms with E-state index in [2.05, 4.69) is 4.90 Å². The van der Waals surface area contributed by atoms with Crippen LogP contribution in [0.1, 0.15) is 27.8 Å². The van der Waals surface area contributed by atoms with Gasteiger partial charge in [0.2, 0.25) is 0 Å². The molecule has 3 heterocycles. The van der Waals surface area contributed by atoms with Gasteiger partial charge < -0.3 is 19.5 Å². The van der Waals surface area contributed by atoms with Gasteiger partial charge in [-0.25, -0.2) is 0 Å². The fourth-order valence-corrected chi connectivity index (χ4v) is 4.61. The second-order valence-electron chi connectivity index (χ2n) is 7.11. The highest BCUT2D eigenvalue weighted by Crippen LogP contribution is 2.44. The first-order valence-corrected chi connectivity index (χ1v) is 9.02. The lowest BCUT2D eigenvalue weighted by Gasteiger charge is -2.46. The molecule has 6 heteroatoms. The molecule has 6 nitrogen and oxygen atoms in total. The van der Waals surface area contributed by atoms with Crippen LogP contribution >= 0.6 is 0 Å². The maximum absolute atomic E-state index is 13.1. The van der Waals surface area contributed by atoms with Crippen LogP contribution in [0.3, 0.4) is 0 Å². The van der Waals surface area contributed by atoms with Gasteiger partial charge in [-0.2, -0.15) is 0 Å². The normalized spacial score (nSPS) is 18.3. The predicted octanol–water partition coefficient (Wildman–Crippen LogP) is 2.87. The van der Waals surface area contributed by atoms with Crippen molar-refractivity contribution in [3.63, 3.8) is 0 Å². The van der Waals surface area contributed by atoms with E-state index in [1.54, 1.807) is 0 Å². The Morgan fingerprint density at radius 3 is 2.70 bits per heavy atom. The Morgan fingerprint density at radius 2 is 1.89 bits per heavy atom. The zero-order chi connectivity index (χ0) is 18.7. The number of hydrogen-bond acceptors (Lipinski definition) is 3. The molecular weight excluding hydrogens is 342 g/mol. The first-order valence-electron chi connectivity index (χ1n) is 9.02.